The van der Waals surface area contributed by atoms with Gasteiger partial charge >= 0.3 is 0 Å². The Kier molecular flexibility index (Phi) is 2.33. The number of hydrogen-bond acceptors (Lipinski definition) is 2. The summed E-state index contributed by atoms with van der Waals surface area (Å²) in [6.45, 7) is 2.07. The van der Waals surface area contributed by atoms with Gasteiger partial charge in [0.25, 0.3) is 0 Å². The van der Waals surface area contributed by atoms with Crippen molar-refractivity contribution < 1.29 is 0 Å². The van der Waals surface area contributed by atoms with Gasteiger partial charge in [-0.3, -0.25) is 4.98 Å². The summed E-state index contributed by atoms with van der Waals surface area (Å²) in [4.78, 5) is 12.3. The third-order valence-electron chi connectivity index (χ3n) is 3.67. The fourth-order valence-electron chi connectivity index (χ4n) is 2.77. The van der Waals surface area contributed by atoms with Gasteiger partial charge in [0.2, 0.25) is 0 Å². The van der Waals surface area contributed by atoms with Crippen molar-refractivity contribution in [2.75, 3.05) is 0 Å². The van der Waals surface area contributed by atoms with E-state index in [0.29, 0.717) is 0 Å². The average molecular weight is 259 g/mol. The van der Waals surface area contributed by atoms with Crippen LogP contribution in [0, 0.1) is 6.92 Å². The van der Waals surface area contributed by atoms with Crippen LogP contribution in [-0.4, -0.2) is 15.0 Å². The smallest absolute Gasteiger partial charge is 0.138 e. The lowest BCUT2D eigenvalue weighted by Gasteiger charge is -2.05. The Morgan fingerprint density at radius 3 is 2.65 bits per heavy atom. The van der Waals surface area contributed by atoms with E-state index in [1.54, 1.807) is 6.20 Å². The molecule has 0 saturated carbocycles. The lowest BCUT2D eigenvalue weighted by molar-refractivity contribution is 1.24. The number of nitrogens with zero attached hydrogens (tertiary/aromatic N) is 2. The first-order valence-corrected chi connectivity index (χ1v) is 6.62. The van der Waals surface area contributed by atoms with Crippen molar-refractivity contribution in [3.05, 3.63) is 60.6 Å². The van der Waals surface area contributed by atoms with E-state index in [1.807, 2.05) is 18.3 Å². The topological polar surface area (TPSA) is 41.6 Å². The molecule has 20 heavy (non-hydrogen) atoms. The van der Waals surface area contributed by atoms with Crippen LogP contribution in [0.4, 0.5) is 0 Å². The van der Waals surface area contributed by atoms with E-state index in [0.717, 1.165) is 28.0 Å². The molecule has 0 atom stereocenters. The molecule has 3 aromatic heterocycles. The number of fused-ring (bicyclic) bond motifs is 2. The van der Waals surface area contributed by atoms with Gasteiger partial charge < -0.3 is 4.98 Å². The van der Waals surface area contributed by atoms with E-state index >= 15 is 0 Å². The van der Waals surface area contributed by atoms with Crippen LogP contribution in [0.2, 0.25) is 0 Å². The lowest BCUT2D eigenvalue weighted by Crippen LogP contribution is -1.87. The Morgan fingerprint density at radius 1 is 0.850 bits per heavy atom. The predicted molar refractivity (Wildman–Crippen MR) is 81.6 cm³/mol. The van der Waals surface area contributed by atoms with Crippen LogP contribution in [0.3, 0.4) is 0 Å². The first-order valence-electron chi connectivity index (χ1n) is 6.62. The van der Waals surface area contributed by atoms with Gasteiger partial charge in [-0.2, -0.15) is 0 Å². The first-order chi connectivity index (χ1) is 9.84. The van der Waals surface area contributed by atoms with Crippen LogP contribution in [-0.2, 0) is 0 Å². The summed E-state index contributed by atoms with van der Waals surface area (Å²) in [5.74, 6) is 0. The van der Waals surface area contributed by atoms with Crippen molar-refractivity contribution >= 4 is 21.8 Å². The van der Waals surface area contributed by atoms with E-state index in [4.69, 9.17) is 0 Å². The standard InChI is InChI=1S/C17H13N3/c1-11-15(14-7-4-9-19-17(14)20-11)16-13-6-3-2-5-12(13)8-10-18-16/h2-10H,1H3,(H,19,20). The number of hydrogen-bond donors (Lipinski definition) is 1. The second-order valence-electron chi connectivity index (χ2n) is 4.91. The van der Waals surface area contributed by atoms with Crippen LogP contribution in [0.25, 0.3) is 33.1 Å². The number of benzene rings is 1. The van der Waals surface area contributed by atoms with Crippen molar-refractivity contribution in [3.63, 3.8) is 0 Å². The Morgan fingerprint density at radius 2 is 1.70 bits per heavy atom. The van der Waals surface area contributed by atoms with E-state index < -0.39 is 0 Å². The number of H-pyrrole nitrogens is 1. The molecule has 0 bridgehead atoms. The van der Waals surface area contributed by atoms with Gasteiger partial charge in [-0.25, -0.2) is 4.98 Å². The van der Waals surface area contributed by atoms with Crippen molar-refractivity contribution in [3.8, 4) is 11.3 Å². The quantitative estimate of drug-likeness (QED) is 0.559. The van der Waals surface area contributed by atoms with Gasteiger partial charge in [0.05, 0.1) is 5.69 Å². The fourth-order valence-corrected chi connectivity index (χ4v) is 2.77. The number of aromatic amines is 1. The summed E-state index contributed by atoms with van der Waals surface area (Å²) in [6.07, 6.45) is 3.67. The molecule has 0 fully saturated rings. The second kappa shape index (κ2) is 4.17. The van der Waals surface area contributed by atoms with Gasteiger partial charge in [-0.15, -0.1) is 0 Å². The third-order valence-corrected chi connectivity index (χ3v) is 3.67. The molecule has 0 aliphatic carbocycles. The summed E-state index contributed by atoms with van der Waals surface area (Å²) >= 11 is 0. The molecule has 1 aromatic carbocycles. The number of aryl methyl sites for hydroxylation is 1. The van der Waals surface area contributed by atoms with E-state index in [2.05, 4.69) is 52.2 Å². The maximum Gasteiger partial charge on any atom is 0.138 e. The number of aromatic nitrogens is 3. The average Bonchev–Trinajstić information content (AvgIpc) is 2.82. The normalized spacial score (nSPS) is 11.2. The molecule has 1 N–H and O–H groups in total. The van der Waals surface area contributed by atoms with E-state index in [9.17, 15) is 0 Å². The molecule has 4 aromatic rings. The van der Waals surface area contributed by atoms with E-state index in [-0.39, 0.29) is 0 Å². The van der Waals surface area contributed by atoms with Crippen molar-refractivity contribution in [1.82, 2.24) is 15.0 Å². The zero-order valence-electron chi connectivity index (χ0n) is 11.1. The Balaban J connectivity index is 2.14. The minimum absolute atomic E-state index is 0.912. The Bertz CT molecular complexity index is 916. The van der Waals surface area contributed by atoms with Crippen LogP contribution in [0.5, 0.6) is 0 Å². The molecule has 0 amide bonds. The summed E-state index contributed by atoms with van der Waals surface area (Å²) in [5.41, 5.74) is 4.17. The minimum atomic E-state index is 0.912. The molecule has 0 radical (unpaired) electrons. The van der Waals surface area contributed by atoms with Crippen LogP contribution < -0.4 is 0 Å². The van der Waals surface area contributed by atoms with Crippen molar-refractivity contribution in [1.29, 1.82) is 0 Å². The van der Waals surface area contributed by atoms with Crippen molar-refractivity contribution in [2.24, 2.45) is 0 Å². The predicted octanol–water partition coefficient (Wildman–Crippen LogP) is 4.09. The van der Waals surface area contributed by atoms with Crippen molar-refractivity contribution in [2.45, 2.75) is 6.92 Å². The van der Waals surface area contributed by atoms with Gasteiger partial charge in [0.1, 0.15) is 5.65 Å². The number of rotatable bonds is 1. The minimum Gasteiger partial charge on any atom is -0.343 e. The monoisotopic (exact) mass is 259 g/mol. The zero-order chi connectivity index (χ0) is 13.5. The third kappa shape index (κ3) is 1.53. The van der Waals surface area contributed by atoms with Gasteiger partial charge in [-0.05, 0) is 30.5 Å². The Hall–Kier alpha value is -2.68. The molecular weight excluding hydrogens is 246 g/mol. The van der Waals surface area contributed by atoms with Crippen LogP contribution in [0.1, 0.15) is 5.69 Å². The maximum absolute atomic E-state index is 4.61. The highest BCUT2D eigenvalue weighted by Gasteiger charge is 2.14. The highest BCUT2D eigenvalue weighted by molar-refractivity contribution is 6.03. The molecule has 0 aliphatic heterocycles. The zero-order valence-corrected chi connectivity index (χ0v) is 11.1. The second-order valence-corrected chi connectivity index (χ2v) is 4.91. The van der Waals surface area contributed by atoms with Gasteiger partial charge in [0.15, 0.2) is 0 Å². The summed E-state index contributed by atoms with van der Waals surface area (Å²) in [7, 11) is 0. The highest BCUT2D eigenvalue weighted by atomic mass is 14.9. The Labute approximate surface area is 116 Å². The van der Waals surface area contributed by atoms with E-state index in [1.165, 1.54) is 10.8 Å². The molecular formula is C17H13N3. The number of pyridine rings is 2. The molecule has 4 rings (SSSR count). The fraction of sp³-hybridized carbons (Fsp3) is 0.0588. The summed E-state index contributed by atoms with van der Waals surface area (Å²) in [5, 5.41) is 3.49. The molecule has 96 valence electrons. The maximum atomic E-state index is 4.61. The van der Waals surface area contributed by atoms with Crippen LogP contribution >= 0.6 is 0 Å². The summed E-state index contributed by atoms with van der Waals surface area (Å²) < 4.78 is 0. The molecule has 0 saturated heterocycles. The SMILES string of the molecule is Cc1[nH]c2ncccc2c1-c1nccc2ccccc12. The van der Waals surface area contributed by atoms with Gasteiger partial charge in [-0.1, -0.05) is 24.3 Å². The lowest BCUT2D eigenvalue weighted by atomic mass is 10.0. The summed E-state index contributed by atoms with van der Waals surface area (Å²) in [6, 6.07) is 14.4. The number of nitrogens with one attached hydrogen (secondary N) is 1. The van der Waals surface area contributed by atoms with Gasteiger partial charge in [0, 0.05) is 34.4 Å². The molecule has 3 nitrogen and oxygen atoms in total. The largest absolute Gasteiger partial charge is 0.343 e. The molecule has 3 heteroatoms. The molecule has 0 unspecified atom stereocenters. The molecule has 0 spiro atoms. The highest BCUT2D eigenvalue weighted by Crippen LogP contribution is 2.33. The van der Waals surface area contributed by atoms with Crippen LogP contribution in [0.15, 0.2) is 54.9 Å². The molecule has 3 heterocycles. The first kappa shape index (κ1) is 11.2. The molecule has 0 aliphatic rings.